The largest absolute Gasteiger partial charge is 0.508 e. The fourth-order valence-corrected chi connectivity index (χ4v) is 2.76. The minimum atomic E-state index is -0.579. The van der Waals surface area contributed by atoms with Gasteiger partial charge >= 0.3 is 5.63 Å². The Hall–Kier alpha value is -3.15. The van der Waals surface area contributed by atoms with Crippen LogP contribution in [-0.4, -0.2) is 16.0 Å². The molecule has 0 fully saturated rings. The van der Waals surface area contributed by atoms with Crippen molar-refractivity contribution in [3.63, 3.8) is 0 Å². The Morgan fingerprint density at radius 1 is 1.20 bits per heavy atom. The summed E-state index contributed by atoms with van der Waals surface area (Å²) in [6.07, 6.45) is -0.0989. The molecule has 0 radical (unpaired) electrons. The van der Waals surface area contributed by atoms with Crippen LogP contribution in [-0.2, 0) is 11.2 Å². The second kappa shape index (κ2) is 6.39. The van der Waals surface area contributed by atoms with Gasteiger partial charge in [0.15, 0.2) is 0 Å². The summed E-state index contributed by atoms with van der Waals surface area (Å²) in [6, 6.07) is 8.16. The maximum absolute atomic E-state index is 12.4. The molecular formula is C19H18N2O4. The van der Waals surface area contributed by atoms with Crippen molar-refractivity contribution in [2.75, 3.05) is 5.32 Å². The fraction of sp³-hybridized carbons (Fsp3) is 0.211. The second-order valence-electron chi connectivity index (χ2n) is 5.98. The number of nitrogens with zero attached hydrogens (tertiary/aromatic N) is 1. The first-order chi connectivity index (χ1) is 11.8. The highest BCUT2D eigenvalue weighted by Gasteiger charge is 2.16. The Morgan fingerprint density at radius 2 is 1.96 bits per heavy atom. The van der Waals surface area contributed by atoms with Crippen LogP contribution >= 0.6 is 0 Å². The molecule has 2 aromatic heterocycles. The van der Waals surface area contributed by atoms with Gasteiger partial charge < -0.3 is 14.8 Å². The number of amides is 1. The van der Waals surface area contributed by atoms with E-state index in [1.807, 2.05) is 19.9 Å². The first-order valence-electron chi connectivity index (χ1n) is 7.84. The smallest absolute Gasteiger partial charge is 0.340 e. The molecule has 0 aliphatic rings. The van der Waals surface area contributed by atoms with Gasteiger partial charge in [0.05, 0.1) is 23.4 Å². The number of carbonyl (C=O) groups excluding carboxylic acids is 1. The van der Waals surface area contributed by atoms with Crippen molar-refractivity contribution in [1.82, 2.24) is 4.98 Å². The van der Waals surface area contributed by atoms with Crippen LogP contribution in [0.2, 0.25) is 0 Å². The predicted octanol–water partition coefficient (Wildman–Crippen LogP) is 3.00. The van der Waals surface area contributed by atoms with Gasteiger partial charge in [-0.15, -0.1) is 0 Å². The standard InChI is InChI=1S/C19H18N2O4/c1-10-4-7-16(12(3)20-10)21-18(23)9-15-11(2)14-6-5-13(22)8-17(14)25-19(15)24/h4-8,22H,9H2,1-3H3,(H,21,23). The summed E-state index contributed by atoms with van der Waals surface area (Å²) in [7, 11) is 0. The van der Waals surface area contributed by atoms with Crippen molar-refractivity contribution >= 4 is 22.6 Å². The Labute approximate surface area is 144 Å². The minimum absolute atomic E-state index is 0.0166. The lowest BCUT2D eigenvalue weighted by atomic mass is 10.0. The quantitative estimate of drug-likeness (QED) is 0.716. The van der Waals surface area contributed by atoms with Gasteiger partial charge in [0.1, 0.15) is 11.3 Å². The molecule has 0 spiro atoms. The van der Waals surface area contributed by atoms with Crippen LogP contribution in [0.5, 0.6) is 5.75 Å². The van der Waals surface area contributed by atoms with E-state index in [0.29, 0.717) is 33.5 Å². The molecular weight excluding hydrogens is 320 g/mol. The first kappa shape index (κ1) is 16.7. The zero-order valence-corrected chi connectivity index (χ0v) is 14.2. The van der Waals surface area contributed by atoms with E-state index in [2.05, 4.69) is 10.3 Å². The van der Waals surface area contributed by atoms with Crippen molar-refractivity contribution in [3.8, 4) is 5.75 Å². The van der Waals surface area contributed by atoms with Crippen LogP contribution < -0.4 is 10.9 Å². The van der Waals surface area contributed by atoms with E-state index in [-0.39, 0.29) is 18.1 Å². The fourth-order valence-electron chi connectivity index (χ4n) is 2.76. The van der Waals surface area contributed by atoms with E-state index in [1.165, 1.54) is 12.1 Å². The van der Waals surface area contributed by atoms with Gasteiger partial charge in [-0.1, -0.05) is 0 Å². The second-order valence-corrected chi connectivity index (χ2v) is 5.98. The van der Waals surface area contributed by atoms with E-state index in [9.17, 15) is 14.7 Å². The highest BCUT2D eigenvalue weighted by atomic mass is 16.4. The van der Waals surface area contributed by atoms with E-state index in [4.69, 9.17) is 4.42 Å². The van der Waals surface area contributed by atoms with Crippen molar-refractivity contribution in [2.45, 2.75) is 27.2 Å². The number of hydrogen-bond acceptors (Lipinski definition) is 5. The number of phenols is 1. The van der Waals surface area contributed by atoms with Crippen LogP contribution in [0.25, 0.3) is 11.0 Å². The molecule has 2 heterocycles. The molecule has 0 atom stereocenters. The molecule has 0 saturated heterocycles. The van der Waals surface area contributed by atoms with Gasteiger partial charge in [0, 0.05) is 17.1 Å². The van der Waals surface area contributed by atoms with E-state index in [0.717, 1.165) is 5.69 Å². The number of phenolic OH excluding ortho intramolecular Hbond substituents is 1. The Balaban J connectivity index is 1.91. The van der Waals surface area contributed by atoms with Crippen molar-refractivity contribution in [1.29, 1.82) is 0 Å². The third kappa shape index (κ3) is 3.38. The Morgan fingerprint density at radius 3 is 2.68 bits per heavy atom. The van der Waals surface area contributed by atoms with Crippen LogP contribution in [0.15, 0.2) is 39.5 Å². The van der Waals surface area contributed by atoms with E-state index in [1.54, 1.807) is 19.1 Å². The number of aromatic hydroxyl groups is 1. The highest BCUT2D eigenvalue weighted by Crippen LogP contribution is 2.23. The third-order valence-corrected chi connectivity index (χ3v) is 4.11. The molecule has 25 heavy (non-hydrogen) atoms. The average Bonchev–Trinajstić information content (AvgIpc) is 2.54. The lowest BCUT2D eigenvalue weighted by molar-refractivity contribution is -0.115. The van der Waals surface area contributed by atoms with Gasteiger partial charge in [-0.05, 0) is 50.6 Å². The molecule has 0 saturated carbocycles. The minimum Gasteiger partial charge on any atom is -0.508 e. The third-order valence-electron chi connectivity index (χ3n) is 4.11. The van der Waals surface area contributed by atoms with Gasteiger partial charge in [-0.25, -0.2) is 4.79 Å². The monoisotopic (exact) mass is 338 g/mol. The molecule has 0 unspecified atom stereocenters. The number of aryl methyl sites for hydroxylation is 3. The molecule has 0 aliphatic carbocycles. The lowest BCUT2D eigenvalue weighted by Gasteiger charge is -2.10. The maximum Gasteiger partial charge on any atom is 0.340 e. The maximum atomic E-state index is 12.4. The number of hydrogen-bond donors (Lipinski definition) is 2. The normalized spacial score (nSPS) is 10.8. The zero-order valence-electron chi connectivity index (χ0n) is 14.2. The highest BCUT2D eigenvalue weighted by molar-refractivity contribution is 5.93. The summed E-state index contributed by atoms with van der Waals surface area (Å²) in [6.45, 7) is 5.45. The van der Waals surface area contributed by atoms with Crippen LogP contribution in [0.3, 0.4) is 0 Å². The first-order valence-corrected chi connectivity index (χ1v) is 7.84. The average molecular weight is 338 g/mol. The number of pyridine rings is 1. The van der Waals surface area contributed by atoms with Gasteiger partial charge in [-0.2, -0.15) is 0 Å². The summed E-state index contributed by atoms with van der Waals surface area (Å²) >= 11 is 0. The van der Waals surface area contributed by atoms with Crippen molar-refractivity contribution < 1.29 is 14.3 Å². The summed E-state index contributed by atoms with van der Waals surface area (Å²) in [4.78, 5) is 28.9. The molecule has 6 heteroatoms. The summed E-state index contributed by atoms with van der Waals surface area (Å²) in [5.74, 6) is -0.301. The number of nitrogens with one attached hydrogen (secondary N) is 1. The molecule has 1 aromatic carbocycles. The summed E-state index contributed by atoms with van der Waals surface area (Å²) in [5.41, 5.74) is 2.88. The number of aromatic nitrogens is 1. The van der Waals surface area contributed by atoms with E-state index >= 15 is 0 Å². The number of rotatable bonds is 3. The molecule has 1 amide bonds. The van der Waals surface area contributed by atoms with Crippen LogP contribution in [0.4, 0.5) is 5.69 Å². The predicted molar refractivity (Wildman–Crippen MR) is 94.9 cm³/mol. The number of anilines is 1. The molecule has 0 aliphatic heterocycles. The molecule has 6 nitrogen and oxygen atoms in total. The van der Waals surface area contributed by atoms with Gasteiger partial charge in [-0.3, -0.25) is 9.78 Å². The Bertz CT molecular complexity index is 1040. The Kier molecular flexibility index (Phi) is 4.27. The zero-order chi connectivity index (χ0) is 18.1. The number of benzene rings is 1. The van der Waals surface area contributed by atoms with Crippen molar-refractivity contribution in [3.05, 3.63) is 63.3 Å². The summed E-state index contributed by atoms with van der Waals surface area (Å²) < 4.78 is 5.24. The molecule has 128 valence electrons. The van der Waals surface area contributed by atoms with Crippen LogP contribution in [0, 0.1) is 20.8 Å². The lowest BCUT2D eigenvalue weighted by Crippen LogP contribution is -2.21. The summed E-state index contributed by atoms with van der Waals surface area (Å²) in [5, 5.41) is 13.0. The van der Waals surface area contributed by atoms with E-state index < -0.39 is 5.63 Å². The molecule has 0 bridgehead atoms. The van der Waals surface area contributed by atoms with Gasteiger partial charge in [0.2, 0.25) is 5.91 Å². The topological polar surface area (TPSA) is 92.4 Å². The number of fused-ring (bicyclic) bond motifs is 1. The van der Waals surface area contributed by atoms with Crippen molar-refractivity contribution in [2.24, 2.45) is 0 Å². The van der Waals surface area contributed by atoms with Crippen LogP contribution in [0.1, 0.15) is 22.5 Å². The number of carbonyl (C=O) groups is 1. The van der Waals surface area contributed by atoms with Gasteiger partial charge in [0.25, 0.3) is 0 Å². The molecule has 3 aromatic rings. The SMILES string of the molecule is Cc1ccc(NC(=O)Cc2c(C)c3ccc(O)cc3oc2=O)c(C)n1. The molecule has 2 N–H and O–H groups in total. The molecule has 3 rings (SSSR count).